The van der Waals surface area contributed by atoms with Crippen LogP contribution in [0.25, 0.3) is 11.1 Å². The summed E-state index contributed by atoms with van der Waals surface area (Å²) in [5.74, 6) is -3.56. The predicted molar refractivity (Wildman–Crippen MR) is 265 cm³/mol. The van der Waals surface area contributed by atoms with Crippen LogP contribution in [0.3, 0.4) is 0 Å². The third kappa shape index (κ3) is 11.9. The number of carbonyl (C=O) groups is 4. The number of methoxy groups -OCH3 is 4. The van der Waals surface area contributed by atoms with Crippen molar-refractivity contribution < 1.29 is 38.1 Å². The molecule has 0 spiro atoms. The Labute approximate surface area is 394 Å². The third-order valence-electron chi connectivity index (χ3n) is 12.4. The molecule has 0 aliphatic heterocycles. The van der Waals surface area contributed by atoms with E-state index < -0.39 is 29.8 Å². The monoisotopic (exact) mass is 944 g/mol. The molecular weight excluding hydrogens is 881 g/mol. The molecule has 0 unspecified atom stereocenters. The average Bonchev–Trinajstić information content (AvgIpc) is 3.27. The van der Waals surface area contributed by atoms with Crippen molar-refractivity contribution in [1.82, 2.24) is 0 Å². The number of fused-ring (bicyclic) bond motifs is 2. The van der Waals surface area contributed by atoms with E-state index in [4.69, 9.17) is 9.47 Å². The van der Waals surface area contributed by atoms with Crippen LogP contribution < -0.4 is 0 Å². The molecule has 0 heterocycles. The van der Waals surface area contributed by atoms with Gasteiger partial charge in [-0.1, -0.05) is 157 Å². The number of allylic oxidation sites excluding steroid dienone is 4. The highest BCUT2D eigenvalue weighted by atomic mass is 79.9. The highest BCUT2D eigenvalue weighted by Crippen LogP contribution is 2.45. The lowest BCUT2D eigenvalue weighted by molar-refractivity contribution is -0.155. The first kappa shape index (κ1) is 51.8. The van der Waals surface area contributed by atoms with Gasteiger partial charge < -0.3 is 18.9 Å². The van der Waals surface area contributed by atoms with E-state index >= 15 is 0 Å². The topological polar surface area (TPSA) is 105 Å². The van der Waals surface area contributed by atoms with E-state index in [0.717, 1.165) is 26.7 Å². The number of carbonyl (C=O) groups excluding carboxylic acids is 4. The Kier molecular flexibility index (Phi) is 16.4. The van der Waals surface area contributed by atoms with Gasteiger partial charge >= 0.3 is 23.9 Å². The number of esters is 4. The van der Waals surface area contributed by atoms with E-state index in [1.807, 2.05) is 12.1 Å². The van der Waals surface area contributed by atoms with Gasteiger partial charge in [0.2, 0.25) is 0 Å². The van der Waals surface area contributed by atoms with Crippen LogP contribution in [0, 0.1) is 13.8 Å². The molecule has 2 aliphatic carbocycles. The Balaban J connectivity index is 0.000000246. The summed E-state index contributed by atoms with van der Waals surface area (Å²) in [6, 6.07) is 24.9. The summed E-state index contributed by atoms with van der Waals surface area (Å²) < 4.78 is 19.0. The number of ether oxygens (including phenoxy) is 4. The molecule has 9 heteroatoms. The van der Waals surface area contributed by atoms with Crippen LogP contribution in [0.15, 0.2) is 115 Å². The molecule has 0 N–H and O–H groups in total. The first-order valence-corrected chi connectivity index (χ1v) is 22.3. The Bertz CT molecular complexity index is 2500. The van der Waals surface area contributed by atoms with Crippen LogP contribution in [-0.2, 0) is 59.8 Å². The van der Waals surface area contributed by atoms with Gasteiger partial charge in [0, 0.05) is 26.1 Å². The molecule has 65 heavy (non-hydrogen) atoms. The molecule has 0 aromatic heterocycles. The maximum atomic E-state index is 12.1. The Morgan fingerprint density at radius 1 is 0.508 bits per heavy atom. The van der Waals surface area contributed by atoms with Crippen LogP contribution in [0.4, 0.5) is 0 Å². The lowest BCUT2D eigenvalue weighted by Crippen LogP contribution is -2.29. The average molecular weight is 946 g/mol. The summed E-state index contributed by atoms with van der Waals surface area (Å²) in [6.07, 6.45) is 8.95. The molecule has 2 aliphatic rings. The molecule has 8 nitrogen and oxygen atoms in total. The van der Waals surface area contributed by atoms with Gasteiger partial charge in [0.05, 0.1) is 28.4 Å². The molecule has 0 radical (unpaired) electrons. The normalized spacial score (nSPS) is 15.3. The predicted octanol–water partition coefficient (Wildman–Crippen LogP) is 12.3. The van der Waals surface area contributed by atoms with Crippen molar-refractivity contribution in [3.05, 3.63) is 176 Å². The second-order valence-corrected chi connectivity index (χ2v) is 19.8. The Morgan fingerprint density at radius 3 is 1.12 bits per heavy atom. The largest absolute Gasteiger partial charge is 0.469 e. The van der Waals surface area contributed by atoms with Crippen LogP contribution in [0.2, 0.25) is 0 Å². The van der Waals surface area contributed by atoms with Crippen LogP contribution >= 0.6 is 15.9 Å². The van der Waals surface area contributed by atoms with E-state index in [-0.39, 0.29) is 28.1 Å². The van der Waals surface area contributed by atoms with Crippen molar-refractivity contribution in [3.8, 4) is 0 Å². The molecule has 0 atom stereocenters. The van der Waals surface area contributed by atoms with Gasteiger partial charge in [0.15, 0.2) is 5.92 Å². The van der Waals surface area contributed by atoms with E-state index in [1.165, 1.54) is 72.9 Å². The Morgan fingerprint density at radius 2 is 0.815 bits per heavy atom. The van der Waals surface area contributed by atoms with Gasteiger partial charge in [0.25, 0.3) is 0 Å². The fourth-order valence-electron chi connectivity index (χ4n) is 8.10. The number of aryl methyl sites for hydroxylation is 2. The molecule has 4 aromatic carbocycles. The summed E-state index contributed by atoms with van der Waals surface area (Å²) in [4.78, 5) is 44.7. The minimum absolute atomic E-state index is 0.0199. The molecule has 344 valence electrons. The zero-order chi connectivity index (χ0) is 48.8. The van der Waals surface area contributed by atoms with Gasteiger partial charge in [0.1, 0.15) is 6.42 Å². The van der Waals surface area contributed by atoms with Gasteiger partial charge in [-0.3, -0.25) is 19.2 Å². The molecule has 6 rings (SSSR count). The highest BCUT2D eigenvalue weighted by molar-refractivity contribution is 9.10. The fraction of sp³-hybridized carbons (Fsp3) is 0.357. The van der Waals surface area contributed by atoms with Gasteiger partial charge in [-0.25, -0.2) is 0 Å². The van der Waals surface area contributed by atoms with Gasteiger partial charge in [-0.15, -0.1) is 0 Å². The van der Waals surface area contributed by atoms with Crippen molar-refractivity contribution in [3.63, 3.8) is 0 Å². The number of rotatable bonds is 9. The van der Waals surface area contributed by atoms with Gasteiger partial charge in [-0.2, -0.15) is 0 Å². The summed E-state index contributed by atoms with van der Waals surface area (Å²) in [7, 11) is 4.94. The van der Waals surface area contributed by atoms with E-state index in [1.54, 1.807) is 12.1 Å². The number of hydrogen-bond acceptors (Lipinski definition) is 8. The summed E-state index contributed by atoms with van der Waals surface area (Å²) >= 11 is 3.50. The number of hydrogen-bond donors (Lipinski definition) is 0. The molecule has 4 aromatic rings. The number of halogens is 1. The highest BCUT2D eigenvalue weighted by Gasteiger charge is 2.35. The minimum atomic E-state index is -1.10. The number of benzene rings is 4. The van der Waals surface area contributed by atoms with Crippen molar-refractivity contribution in [2.75, 3.05) is 28.4 Å². The lowest BCUT2D eigenvalue weighted by atomic mass is 9.67. The van der Waals surface area contributed by atoms with Crippen molar-refractivity contribution in [1.29, 1.82) is 0 Å². The van der Waals surface area contributed by atoms with Gasteiger partial charge in [-0.05, 0) is 110 Å². The molecule has 0 saturated carbocycles. The smallest absolute Gasteiger partial charge is 0.324 e. The molecule has 0 bridgehead atoms. The van der Waals surface area contributed by atoms with Crippen molar-refractivity contribution >= 4 is 51.0 Å². The summed E-state index contributed by atoms with van der Waals surface area (Å²) in [5.41, 5.74) is 14.9. The Hall–Kier alpha value is -5.80. The summed E-state index contributed by atoms with van der Waals surface area (Å²) in [5, 5.41) is 0. The van der Waals surface area contributed by atoms with Crippen molar-refractivity contribution in [2.24, 2.45) is 0 Å². The van der Waals surface area contributed by atoms with E-state index in [0.29, 0.717) is 5.56 Å². The first-order valence-electron chi connectivity index (χ1n) is 21.5. The first-order chi connectivity index (χ1) is 30.2. The van der Waals surface area contributed by atoms with Crippen LogP contribution in [0.5, 0.6) is 0 Å². The molecule has 0 amide bonds. The quantitative estimate of drug-likeness (QED) is 0.0707. The lowest BCUT2D eigenvalue weighted by Gasteiger charge is -2.37. The summed E-state index contributed by atoms with van der Waals surface area (Å²) in [6.45, 7) is 31.2. The van der Waals surface area contributed by atoms with E-state index in [9.17, 15) is 19.2 Å². The maximum Gasteiger partial charge on any atom is 0.324 e. The van der Waals surface area contributed by atoms with Crippen molar-refractivity contribution in [2.45, 2.75) is 103 Å². The SMILES string of the molecule is C=C(c1ccc(Br)cc1)c1cc2c(cc1C)C(C)(C)C=CC2(C)C.C=C(c1ccc(C(C(=O)OC)C(=O)OC)cc1)c1cc2c(cc1C)C(C)(C)C=CC2(C)C.COC(=O)CC(=O)OC. The standard InChI is InChI=1S/C28H32O4.C23H25Br.C5H8O4/c1-17-15-22-23(28(5,6)14-13-27(22,3)4)16-21(17)18(2)19-9-11-20(12-10-19)24(25(29)31-7)26(30)32-8;1-15-13-20-21(23(5,6)12-11-22(20,3)4)14-19(15)16(2)17-7-9-18(24)10-8-17;1-8-4(6)3-5(7)9-2/h9-16,24H,2H2,1,3-8H3;7-14H,2H2,1,3-6H3;3H2,1-2H3. The molecular formula is C56H65BrO8. The maximum absolute atomic E-state index is 12.1. The van der Waals surface area contributed by atoms with Crippen LogP contribution in [0.1, 0.15) is 129 Å². The fourth-order valence-corrected chi connectivity index (χ4v) is 8.36. The molecule has 0 saturated heterocycles. The molecule has 0 fully saturated rings. The van der Waals surface area contributed by atoms with E-state index in [2.05, 4.69) is 181 Å². The third-order valence-corrected chi connectivity index (χ3v) is 12.9. The zero-order valence-electron chi connectivity index (χ0n) is 40.6. The minimum Gasteiger partial charge on any atom is -0.469 e. The second kappa shape index (κ2) is 20.6. The van der Waals surface area contributed by atoms with Crippen LogP contribution in [-0.4, -0.2) is 52.3 Å². The second-order valence-electron chi connectivity index (χ2n) is 18.9. The zero-order valence-corrected chi connectivity index (χ0v) is 42.2.